The summed E-state index contributed by atoms with van der Waals surface area (Å²) in [6.07, 6.45) is 0. The second-order valence-electron chi connectivity index (χ2n) is 4.94. The predicted molar refractivity (Wildman–Crippen MR) is 89.8 cm³/mol. The highest BCUT2D eigenvalue weighted by molar-refractivity contribution is 9.10. The number of carbonyl (C=O) groups excluding carboxylic acids is 1. The van der Waals surface area contributed by atoms with Crippen molar-refractivity contribution < 1.29 is 4.79 Å². The van der Waals surface area contributed by atoms with Crippen molar-refractivity contribution in [2.75, 3.05) is 11.1 Å². The first-order valence-corrected chi connectivity index (χ1v) is 7.58. The summed E-state index contributed by atoms with van der Waals surface area (Å²) in [4.78, 5) is 16.6. The predicted octanol–water partition coefficient (Wildman–Crippen LogP) is 4.46. The maximum atomic E-state index is 12.3. The van der Waals surface area contributed by atoms with Gasteiger partial charge in [0.2, 0.25) is 0 Å². The van der Waals surface area contributed by atoms with Crippen LogP contribution >= 0.6 is 27.5 Å². The summed E-state index contributed by atoms with van der Waals surface area (Å²) in [5.41, 5.74) is 7.54. The van der Waals surface area contributed by atoms with Crippen LogP contribution in [0.25, 0.3) is 0 Å². The normalized spacial score (nSPS) is 10.7. The van der Waals surface area contributed by atoms with Gasteiger partial charge in [0.1, 0.15) is 5.82 Å². The molecule has 0 unspecified atom stereocenters. The van der Waals surface area contributed by atoms with Crippen molar-refractivity contribution in [3.05, 3.63) is 51.1 Å². The van der Waals surface area contributed by atoms with Gasteiger partial charge in [-0.05, 0) is 36.2 Å². The quantitative estimate of drug-likeness (QED) is 0.840. The number of nitrogen functional groups attached to an aromatic ring is 1. The van der Waals surface area contributed by atoms with Crippen LogP contribution in [0.3, 0.4) is 0 Å². The van der Waals surface area contributed by atoms with Gasteiger partial charge in [-0.3, -0.25) is 4.79 Å². The molecule has 4 nitrogen and oxygen atoms in total. The third-order valence-electron chi connectivity index (χ3n) is 2.90. The molecule has 1 aromatic heterocycles. The molecule has 0 bridgehead atoms. The molecule has 6 heteroatoms. The van der Waals surface area contributed by atoms with Gasteiger partial charge in [-0.1, -0.05) is 41.4 Å². The van der Waals surface area contributed by atoms with Crippen LogP contribution in [0.5, 0.6) is 0 Å². The highest BCUT2D eigenvalue weighted by atomic mass is 79.9. The zero-order valence-electron chi connectivity index (χ0n) is 11.7. The summed E-state index contributed by atoms with van der Waals surface area (Å²) >= 11 is 9.41. The molecule has 0 saturated heterocycles. The SMILES string of the molecule is CC(C)c1cc(C(=O)Nc2cc(Br)ccc2Cl)cc(N)n1. The molecule has 2 aromatic rings. The minimum atomic E-state index is -0.272. The third-order valence-corrected chi connectivity index (χ3v) is 3.72. The lowest BCUT2D eigenvalue weighted by molar-refractivity contribution is 0.102. The number of benzene rings is 1. The lowest BCUT2D eigenvalue weighted by atomic mass is 10.1. The van der Waals surface area contributed by atoms with E-state index in [9.17, 15) is 4.79 Å². The van der Waals surface area contributed by atoms with E-state index in [1.54, 1.807) is 30.3 Å². The number of rotatable bonds is 3. The fourth-order valence-electron chi connectivity index (χ4n) is 1.79. The van der Waals surface area contributed by atoms with Crippen molar-refractivity contribution in [1.82, 2.24) is 4.98 Å². The number of pyridine rings is 1. The van der Waals surface area contributed by atoms with Crippen molar-refractivity contribution in [3.63, 3.8) is 0 Å². The van der Waals surface area contributed by atoms with Crippen LogP contribution in [0.2, 0.25) is 5.02 Å². The first-order chi connectivity index (χ1) is 9.86. The van der Waals surface area contributed by atoms with Gasteiger partial charge in [0.15, 0.2) is 0 Å². The van der Waals surface area contributed by atoms with Gasteiger partial charge in [0.25, 0.3) is 5.91 Å². The number of aromatic nitrogens is 1. The molecule has 0 fully saturated rings. The molecule has 21 heavy (non-hydrogen) atoms. The maximum absolute atomic E-state index is 12.3. The Kier molecular flexibility index (Phi) is 4.85. The van der Waals surface area contributed by atoms with E-state index in [1.165, 1.54) is 0 Å². The Bertz CT molecular complexity index is 689. The number of hydrogen-bond acceptors (Lipinski definition) is 3. The lowest BCUT2D eigenvalue weighted by Crippen LogP contribution is -2.14. The zero-order valence-corrected chi connectivity index (χ0v) is 14.0. The number of hydrogen-bond donors (Lipinski definition) is 2. The van der Waals surface area contributed by atoms with Crippen molar-refractivity contribution in [2.45, 2.75) is 19.8 Å². The molecule has 0 atom stereocenters. The van der Waals surface area contributed by atoms with Crippen LogP contribution in [-0.4, -0.2) is 10.9 Å². The van der Waals surface area contributed by atoms with Crippen LogP contribution in [-0.2, 0) is 0 Å². The molecule has 0 saturated carbocycles. The summed E-state index contributed by atoms with van der Waals surface area (Å²) in [6.45, 7) is 3.99. The topological polar surface area (TPSA) is 68.0 Å². The first-order valence-electron chi connectivity index (χ1n) is 6.40. The average Bonchev–Trinajstić information content (AvgIpc) is 2.42. The molecule has 1 aromatic carbocycles. The Labute approximate surface area is 136 Å². The minimum absolute atomic E-state index is 0.189. The Morgan fingerprint density at radius 2 is 2.05 bits per heavy atom. The van der Waals surface area contributed by atoms with E-state index in [2.05, 4.69) is 26.2 Å². The van der Waals surface area contributed by atoms with Crippen LogP contribution < -0.4 is 11.1 Å². The lowest BCUT2D eigenvalue weighted by Gasteiger charge is -2.11. The molecule has 0 aliphatic carbocycles. The Balaban J connectivity index is 2.30. The average molecular weight is 369 g/mol. The van der Waals surface area contributed by atoms with E-state index in [0.717, 1.165) is 10.2 Å². The number of amides is 1. The number of carbonyl (C=O) groups is 1. The molecule has 110 valence electrons. The van der Waals surface area contributed by atoms with Crippen molar-refractivity contribution >= 4 is 44.9 Å². The number of nitrogens with one attached hydrogen (secondary N) is 1. The smallest absolute Gasteiger partial charge is 0.255 e. The summed E-state index contributed by atoms with van der Waals surface area (Å²) in [5, 5.41) is 3.25. The summed E-state index contributed by atoms with van der Waals surface area (Å²) in [7, 11) is 0. The molecule has 1 amide bonds. The van der Waals surface area contributed by atoms with Gasteiger partial charge >= 0.3 is 0 Å². The van der Waals surface area contributed by atoms with Gasteiger partial charge in [0.05, 0.1) is 10.7 Å². The Morgan fingerprint density at radius 3 is 2.71 bits per heavy atom. The molecule has 0 radical (unpaired) electrons. The van der Waals surface area contributed by atoms with E-state index >= 15 is 0 Å². The van der Waals surface area contributed by atoms with E-state index in [4.69, 9.17) is 17.3 Å². The van der Waals surface area contributed by atoms with E-state index in [-0.39, 0.29) is 11.8 Å². The van der Waals surface area contributed by atoms with Gasteiger partial charge in [-0.25, -0.2) is 4.98 Å². The van der Waals surface area contributed by atoms with Gasteiger partial charge in [-0.2, -0.15) is 0 Å². The maximum Gasteiger partial charge on any atom is 0.255 e. The van der Waals surface area contributed by atoms with Gasteiger partial charge in [-0.15, -0.1) is 0 Å². The van der Waals surface area contributed by atoms with Crippen LogP contribution in [0.15, 0.2) is 34.8 Å². The second-order valence-corrected chi connectivity index (χ2v) is 6.26. The standard InChI is InChI=1S/C15H15BrClN3O/c1-8(2)12-5-9(6-14(18)19-12)15(21)20-13-7-10(16)3-4-11(13)17/h3-8H,1-2H3,(H2,18,19)(H,20,21). The molecule has 0 aliphatic rings. The van der Waals surface area contributed by atoms with Crippen LogP contribution in [0, 0.1) is 0 Å². The number of anilines is 2. The Hall–Kier alpha value is -1.59. The molecular formula is C15H15BrClN3O. The zero-order chi connectivity index (χ0) is 15.6. The molecule has 0 aliphatic heterocycles. The molecule has 1 heterocycles. The number of nitrogens with zero attached hydrogens (tertiary/aromatic N) is 1. The Morgan fingerprint density at radius 1 is 1.33 bits per heavy atom. The van der Waals surface area contributed by atoms with E-state index in [1.807, 2.05) is 13.8 Å². The highest BCUT2D eigenvalue weighted by Crippen LogP contribution is 2.26. The van der Waals surface area contributed by atoms with Crippen molar-refractivity contribution in [3.8, 4) is 0 Å². The second kappa shape index (κ2) is 6.45. The highest BCUT2D eigenvalue weighted by Gasteiger charge is 2.12. The monoisotopic (exact) mass is 367 g/mol. The van der Waals surface area contributed by atoms with E-state index < -0.39 is 0 Å². The molecule has 2 rings (SSSR count). The molecule has 3 N–H and O–H groups in total. The van der Waals surface area contributed by atoms with Crippen LogP contribution in [0.1, 0.15) is 35.8 Å². The van der Waals surface area contributed by atoms with Gasteiger partial charge < -0.3 is 11.1 Å². The summed E-state index contributed by atoms with van der Waals surface area (Å²) < 4.78 is 0.833. The fraction of sp³-hybridized carbons (Fsp3) is 0.200. The molecule has 0 spiro atoms. The van der Waals surface area contributed by atoms with Gasteiger partial charge in [0, 0.05) is 15.7 Å². The minimum Gasteiger partial charge on any atom is -0.384 e. The number of halogens is 2. The van der Waals surface area contributed by atoms with Crippen LogP contribution in [0.4, 0.5) is 11.5 Å². The molecular weight excluding hydrogens is 354 g/mol. The summed E-state index contributed by atoms with van der Waals surface area (Å²) in [6, 6.07) is 8.55. The van der Waals surface area contributed by atoms with Crippen molar-refractivity contribution in [2.24, 2.45) is 0 Å². The number of nitrogens with two attached hydrogens (primary N) is 1. The van der Waals surface area contributed by atoms with Crippen molar-refractivity contribution in [1.29, 1.82) is 0 Å². The fourth-order valence-corrected chi connectivity index (χ4v) is 2.31. The third kappa shape index (κ3) is 3.95. The summed E-state index contributed by atoms with van der Waals surface area (Å²) in [5.74, 6) is 0.243. The van der Waals surface area contributed by atoms with E-state index in [0.29, 0.717) is 22.1 Å². The first kappa shape index (κ1) is 15.8. The largest absolute Gasteiger partial charge is 0.384 e.